The monoisotopic (exact) mass is 407 g/mol. The van der Waals surface area contributed by atoms with E-state index in [9.17, 15) is 4.79 Å². The summed E-state index contributed by atoms with van der Waals surface area (Å²) in [5, 5.41) is 6.38. The number of likely N-dealkylation sites (tertiary alicyclic amines) is 1. The van der Waals surface area contributed by atoms with E-state index in [1.54, 1.807) is 0 Å². The summed E-state index contributed by atoms with van der Waals surface area (Å²) in [5.74, 6) is 0.931. The lowest BCUT2D eigenvalue weighted by Gasteiger charge is -2.23. The molecule has 2 bridgehead atoms. The number of ether oxygens (including phenoxy) is 1. The van der Waals surface area contributed by atoms with Crippen molar-refractivity contribution in [3.8, 4) is 16.3 Å². The second-order valence-electron chi connectivity index (χ2n) is 7.09. The van der Waals surface area contributed by atoms with Gasteiger partial charge in [-0.15, -0.1) is 23.7 Å². The standard InChI is InChI=1S/C20H25N3O2S.ClH/c1-2-11-25-17-7-3-14(4-8-17)19-22-18(13-26-19)20(24)23-10-9-15-5-6-16(12-23)21-15;/h3-4,7-8,13,15-16,21H,2,5-6,9-12H2,1H3;1H. The minimum atomic E-state index is 0. The molecule has 2 saturated heterocycles. The number of nitrogens with zero attached hydrogens (tertiary/aromatic N) is 2. The molecule has 0 aliphatic carbocycles. The van der Waals surface area contributed by atoms with Crippen LogP contribution in [0.3, 0.4) is 0 Å². The van der Waals surface area contributed by atoms with Gasteiger partial charge < -0.3 is 15.0 Å². The third kappa shape index (κ3) is 4.62. The highest BCUT2D eigenvalue weighted by Crippen LogP contribution is 2.27. The van der Waals surface area contributed by atoms with Gasteiger partial charge in [-0.1, -0.05) is 6.92 Å². The third-order valence-electron chi connectivity index (χ3n) is 5.11. The number of amides is 1. The van der Waals surface area contributed by atoms with Gasteiger partial charge in [0.1, 0.15) is 16.5 Å². The molecule has 0 radical (unpaired) electrons. The van der Waals surface area contributed by atoms with E-state index in [1.165, 1.54) is 24.2 Å². The fourth-order valence-corrected chi connectivity index (χ4v) is 4.51. The van der Waals surface area contributed by atoms with Gasteiger partial charge in [-0.3, -0.25) is 4.79 Å². The van der Waals surface area contributed by atoms with E-state index in [4.69, 9.17) is 4.74 Å². The van der Waals surface area contributed by atoms with Gasteiger partial charge in [0.15, 0.2) is 0 Å². The Hall–Kier alpha value is -1.63. The van der Waals surface area contributed by atoms with Crippen molar-refractivity contribution in [3.63, 3.8) is 0 Å². The summed E-state index contributed by atoms with van der Waals surface area (Å²) in [6.45, 7) is 4.44. The number of benzene rings is 1. The maximum absolute atomic E-state index is 12.9. The molecule has 2 fully saturated rings. The Morgan fingerprint density at radius 1 is 1.26 bits per heavy atom. The largest absolute Gasteiger partial charge is 0.494 e. The second-order valence-corrected chi connectivity index (χ2v) is 7.95. The van der Waals surface area contributed by atoms with Crippen LogP contribution in [0.15, 0.2) is 29.6 Å². The first-order chi connectivity index (χ1) is 12.7. The van der Waals surface area contributed by atoms with Crippen molar-refractivity contribution in [2.45, 2.75) is 44.7 Å². The van der Waals surface area contributed by atoms with Crippen molar-refractivity contribution < 1.29 is 9.53 Å². The Balaban J connectivity index is 0.00000210. The first-order valence-corrected chi connectivity index (χ1v) is 10.3. The highest BCUT2D eigenvalue weighted by molar-refractivity contribution is 7.13. The van der Waals surface area contributed by atoms with Crippen LogP contribution in [0, 0.1) is 0 Å². The van der Waals surface area contributed by atoms with Gasteiger partial charge in [-0.25, -0.2) is 4.98 Å². The zero-order chi connectivity index (χ0) is 17.9. The quantitative estimate of drug-likeness (QED) is 0.814. The normalized spacial score (nSPS) is 21.4. The van der Waals surface area contributed by atoms with E-state index in [2.05, 4.69) is 17.2 Å². The van der Waals surface area contributed by atoms with Crippen LogP contribution < -0.4 is 10.1 Å². The number of nitrogens with one attached hydrogen (secondary N) is 1. The van der Waals surface area contributed by atoms with Crippen LogP contribution in [0.4, 0.5) is 0 Å². The average molecular weight is 408 g/mol. The molecule has 1 amide bonds. The van der Waals surface area contributed by atoms with E-state index < -0.39 is 0 Å². The number of rotatable bonds is 5. The Morgan fingerprint density at radius 3 is 2.81 bits per heavy atom. The highest BCUT2D eigenvalue weighted by atomic mass is 35.5. The maximum Gasteiger partial charge on any atom is 0.273 e. The fourth-order valence-electron chi connectivity index (χ4n) is 3.71. The molecular weight excluding hydrogens is 382 g/mol. The number of fused-ring (bicyclic) bond motifs is 2. The minimum Gasteiger partial charge on any atom is -0.494 e. The molecule has 0 spiro atoms. The molecule has 1 aromatic carbocycles. The van der Waals surface area contributed by atoms with Crippen molar-refractivity contribution in [3.05, 3.63) is 35.3 Å². The van der Waals surface area contributed by atoms with Crippen LogP contribution in [0.5, 0.6) is 5.75 Å². The summed E-state index contributed by atoms with van der Waals surface area (Å²) < 4.78 is 5.62. The molecular formula is C20H26ClN3O2S. The smallest absolute Gasteiger partial charge is 0.273 e. The van der Waals surface area contributed by atoms with Crippen molar-refractivity contribution in [2.75, 3.05) is 19.7 Å². The molecule has 27 heavy (non-hydrogen) atoms. The highest BCUT2D eigenvalue weighted by Gasteiger charge is 2.32. The second kappa shape index (κ2) is 9.04. The molecule has 2 aromatic rings. The number of hydrogen-bond acceptors (Lipinski definition) is 5. The predicted octanol–water partition coefficient (Wildman–Crippen LogP) is 3.99. The van der Waals surface area contributed by atoms with E-state index in [-0.39, 0.29) is 18.3 Å². The molecule has 3 heterocycles. The molecule has 2 atom stereocenters. The van der Waals surface area contributed by atoms with Crippen LogP contribution in [-0.4, -0.2) is 47.6 Å². The first-order valence-electron chi connectivity index (χ1n) is 9.47. The van der Waals surface area contributed by atoms with Crippen molar-refractivity contribution in [2.24, 2.45) is 0 Å². The predicted molar refractivity (Wildman–Crippen MR) is 111 cm³/mol. The van der Waals surface area contributed by atoms with Crippen LogP contribution in [0.1, 0.15) is 43.1 Å². The van der Waals surface area contributed by atoms with Gasteiger partial charge in [0.05, 0.1) is 6.61 Å². The van der Waals surface area contributed by atoms with Gasteiger partial charge in [0, 0.05) is 36.1 Å². The molecule has 2 aliphatic rings. The zero-order valence-corrected chi connectivity index (χ0v) is 17.2. The lowest BCUT2D eigenvalue weighted by atomic mass is 10.1. The summed E-state index contributed by atoms with van der Waals surface area (Å²) in [5.41, 5.74) is 1.59. The van der Waals surface area contributed by atoms with Gasteiger partial charge in [-0.2, -0.15) is 0 Å². The lowest BCUT2D eigenvalue weighted by molar-refractivity contribution is 0.0743. The molecule has 5 nitrogen and oxygen atoms in total. The Kier molecular flexibility index (Phi) is 6.73. The summed E-state index contributed by atoms with van der Waals surface area (Å²) in [6.07, 6.45) is 4.44. The van der Waals surface area contributed by atoms with Crippen molar-refractivity contribution in [1.82, 2.24) is 15.2 Å². The zero-order valence-electron chi connectivity index (χ0n) is 15.5. The number of carbonyl (C=O) groups excluding carboxylic acids is 1. The first kappa shape index (κ1) is 20.1. The van der Waals surface area contributed by atoms with Gasteiger partial charge >= 0.3 is 0 Å². The van der Waals surface area contributed by atoms with E-state index >= 15 is 0 Å². The summed E-state index contributed by atoms with van der Waals surface area (Å²) >= 11 is 1.52. The van der Waals surface area contributed by atoms with Crippen LogP contribution in [-0.2, 0) is 0 Å². The Labute approximate surface area is 170 Å². The molecule has 0 saturated carbocycles. The SMILES string of the molecule is CCCOc1ccc(-c2nc(C(=O)N3CCC4CCC(C3)N4)cs2)cc1.Cl. The molecule has 2 unspecified atom stereocenters. The van der Waals surface area contributed by atoms with Gasteiger partial charge in [-0.05, 0) is 49.9 Å². The number of carbonyl (C=O) groups is 1. The number of aromatic nitrogens is 1. The third-order valence-corrected chi connectivity index (χ3v) is 6.00. The van der Waals surface area contributed by atoms with Crippen LogP contribution in [0.25, 0.3) is 10.6 Å². The van der Waals surface area contributed by atoms with Crippen molar-refractivity contribution in [1.29, 1.82) is 0 Å². The number of halogens is 1. The van der Waals surface area contributed by atoms with Crippen LogP contribution in [0.2, 0.25) is 0 Å². The lowest BCUT2D eigenvalue weighted by Crippen LogP contribution is -2.39. The fraction of sp³-hybridized carbons (Fsp3) is 0.500. The summed E-state index contributed by atoms with van der Waals surface area (Å²) in [4.78, 5) is 19.4. The molecule has 1 aromatic heterocycles. The molecule has 4 rings (SSSR count). The minimum absolute atomic E-state index is 0. The average Bonchev–Trinajstić information content (AvgIpc) is 3.27. The topological polar surface area (TPSA) is 54.5 Å². The van der Waals surface area contributed by atoms with E-state index in [0.717, 1.165) is 48.9 Å². The number of thiazole rings is 1. The van der Waals surface area contributed by atoms with Gasteiger partial charge in [0.25, 0.3) is 5.91 Å². The maximum atomic E-state index is 12.9. The molecule has 146 valence electrons. The Bertz CT molecular complexity index is 765. The van der Waals surface area contributed by atoms with Crippen LogP contribution >= 0.6 is 23.7 Å². The van der Waals surface area contributed by atoms with E-state index in [0.29, 0.717) is 17.8 Å². The Morgan fingerprint density at radius 2 is 2.04 bits per heavy atom. The van der Waals surface area contributed by atoms with Crippen molar-refractivity contribution >= 4 is 29.7 Å². The van der Waals surface area contributed by atoms with Gasteiger partial charge in [0.2, 0.25) is 0 Å². The summed E-state index contributed by atoms with van der Waals surface area (Å²) in [7, 11) is 0. The summed E-state index contributed by atoms with van der Waals surface area (Å²) in [6, 6.07) is 8.97. The molecule has 1 N–H and O–H groups in total. The van der Waals surface area contributed by atoms with E-state index in [1.807, 2.05) is 34.5 Å². The number of hydrogen-bond donors (Lipinski definition) is 1. The molecule has 2 aliphatic heterocycles. The molecule has 7 heteroatoms.